The second-order valence-corrected chi connectivity index (χ2v) is 5.31. The van der Waals surface area contributed by atoms with E-state index in [1.165, 1.54) is 24.8 Å². The van der Waals surface area contributed by atoms with Crippen molar-refractivity contribution in [2.45, 2.75) is 6.54 Å². The van der Waals surface area contributed by atoms with Crippen molar-refractivity contribution in [3.63, 3.8) is 0 Å². The maximum absolute atomic E-state index is 13.3. The zero-order valence-electron chi connectivity index (χ0n) is 11.4. The maximum Gasteiger partial charge on any atom is 0.182 e. The molecule has 0 saturated heterocycles. The first kappa shape index (κ1) is 15.2. The van der Waals surface area contributed by atoms with Gasteiger partial charge in [-0.3, -0.25) is 10.6 Å². The van der Waals surface area contributed by atoms with E-state index in [4.69, 9.17) is 5.41 Å². The first-order valence-electron chi connectivity index (χ1n) is 6.23. The Bertz CT molecular complexity index is 836. The summed E-state index contributed by atoms with van der Waals surface area (Å²) in [4.78, 5) is 0. The quantitative estimate of drug-likeness (QED) is 0.402. The summed E-state index contributed by atoms with van der Waals surface area (Å²) in [6, 6.07) is 3.81. The molecule has 0 aliphatic carbocycles. The van der Waals surface area contributed by atoms with Crippen LogP contribution in [0.5, 0.6) is 0 Å². The van der Waals surface area contributed by atoms with Crippen molar-refractivity contribution in [3.8, 4) is 0 Å². The third kappa shape index (κ3) is 3.10. The van der Waals surface area contributed by atoms with Crippen LogP contribution in [0, 0.1) is 11.2 Å². The lowest BCUT2D eigenvalue weighted by atomic mass is 10.2. The molecule has 2 aromatic heterocycles. The van der Waals surface area contributed by atoms with Gasteiger partial charge >= 0.3 is 0 Å². The molecule has 2 N–H and O–H groups in total. The molecule has 0 amide bonds. The summed E-state index contributed by atoms with van der Waals surface area (Å²) in [5.74, 6) is -0.849. The minimum absolute atomic E-state index is 0.0432. The van der Waals surface area contributed by atoms with Crippen LogP contribution >= 0.6 is 15.9 Å². The summed E-state index contributed by atoms with van der Waals surface area (Å²) in [5.41, 5.74) is 0.540. The highest BCUT2D eigenvalue weighted by atomic mass is 79.9. The van der Waals surface area contributed by atoms with Crippen molar-refractivity contribution in [1.29, 1.82) is 5.41 Å². The third-order valence-electron chi connectivity index (χ3n) is 2.94. The molecule has 0 fully saturated rings. The number of nitrogens with zero attached hydrogens (tertiary/aromatic N) is 6. The topological polar surface area (TPSA) is 117 Å². The summed E-state index contributed by atoms with van der Waals surface area (Å²) in [5, 5.41) is 33.4. The van der Waals surface area contributed by atoms with Crippen LogP contribution in [0.2, 0.25) is 0 Å². The normalized spacial score (nSPS) is 10.7. The number of aromatic nitrogens is 5. The molecule has 3 rings (SSSR count). The highest BCUT2D eigenvalue weighted by molar-refractivity contribution is 9.10. The van der Waals surface area contributed by atoms with Crippen molar-refractivity contribution in [2.24, 2.45) is 0 Å². The second-order valence-electron chi connectivity index (χ2n) is 4.45. The van der Waals surface area contributed by atoms with E-state index in [1.807, 2.05) is 0 Å². The van der Waals surface area contributed by atoms with Crippen LogP contribution in [-0.2, 0) is 6.54 Å². The van der Waals surface area contributed by atoms with E-state index in [0.717, 1.165) is 6.07 Å². The fraction of sp³-hybridized carbons (Fsp3) is 0.0833. The first-order valence-corrected chi connectivity index (χ1v) is 7.02. The van der Waals surface area contributed by atoms with Gasteiger partial charge in [-0.15, -0.1) is 10.2 Å². The molecule has 0 atom stereocenters. The van der Waals surface area contributed by atoms with Crippen molar-refractivity contribution in [2.75, 3.05) is 5.06 Å². The first-order chi connectivity index (χ1) is 11.1. The largest absolute Gasteiger partial charge is 0.314 e. The Morgan fingerprint density at radius 3 is 2.78 bits per heavy atom. The Morgan fingerprint density at radius 2 is 2.09 bits per heavy atom. The Kier molecular flexibility index (Phi) is 4.12. The molecule has 0 unspecified atom stereocenters. The molecule has 3 aromatic rings. The Balaban J connectivity index is 1.85. The molecule has 118 valence electrons. The molecule has 0 aliphatic rings. The van der Waals surface area contributed by atoms with Crippen molar-refractivity contribution < 1.29 is 14.2 Å². The summed E-state index contributed by atoms with van der Waals surface area (Å²) in [6.07, 6.45) is 2.94. The van der Waals surface area contributed by atoms with Crippen LogP contribution in [0.3, 0.4) is 0 Å². The highest BCUT2D eigenvalue weighted by Crippen LogP contribution is 2.23. The minimum atomic E-state index is -0.481. The van der Waals surface area contributed by atoms with E-state index in [1.54, 1.807) is 4.57 Å². The molecule has 9 nitrogen and oxygen atoms in total. The van der Waals surface area contributed by atoms with E-state index in [-0.39, 0.29) is 28.2 Å². The Morgan fingerprint density at radius 1 is 1.35 bits per heavy atom. The van der Waals surface area contributed by atoms with Gasteiger partial charge in [-0.05, 0) is 39.3 Å². The van der Waals surface area contributed by atoms with Crippen LogP contribution in [-0.4, -0.2) is 36.1 Å². The fourth-order valence-corrected chi connectivity index (χ4v) is 2.18. The maximum atomic E-state index is 13.3. The van der Waals surface area contributed by atoms with Crippen LogP contribution < -0.4 is 5.06 Å². The van der Waals surface area contributed by atoms with Gasteiger partial charge in [0.2, 0.25) is 0 Å². The lowest BCUT2D eigenvalue weighted by Crippen LogP contribution is -2.28. The van der Waals surface area contributed by atoms with Crippen LogP contribution in [0.15, 0.2) is 40.0 Å². The number of rotatable bonds is 4. The van der Waals surface area contributed by atoms with Crippen molar-refractivity contribution in [3.05, 3.63) is 52.5 Å². The number of hydrogen-bond acceptors (Lipinski definition) is 7. The third-order valence-corrected chi connectivity index (χ3v) is 3.55. The summed E-state index contributed by atoms with van der Waals surface area (Å²) < 4.78 is 19.7. The van der Waals surface area contributed by atoms with Gasteiger partial charge in [0.05, 0.1) is 16.7 Å². The van der Waals surface area contributed by atoms with Gasteiger partial charge in [0, 0.05) is 0 Å². The van der Waals surface area contributed by atoms with Crippen LogP contribution in [0.4, 0.5) is 10.1 Å². The molecular weight excluding hydrogens is 373 g/mol. The van der Waals surface area contributed by atoms with E-state index >= 15 is 0 Å². The molecule has 0 saturated carbocycles. The zero-order valence-corrected chi connectivity index (χ0v) is 13.0. The second kappa shape index (κ2) is 6.22. The molecule has 0 radical (unpaired) electrons. The predicted octanol–water partition coefficient (Wildman–Crippen LogP) is 1.83. The monoisotopic (exact) mass is 381 g/mol. The lowest BCUT2D eigenvalue weighted by Gasteiger charge is -2.16. The number of nitrogens with one attached hydrogen (secondary N) is 1. The smallest absolute Gasteiger partial charge is 0.182 e. The number of amidine groups is 1. The fourth-order valence-electron chi connectivity index (χ4n) is 1.81. The van der Waals surface area contributed by atoms with E-state index in [9.17, 15) is 9.60 Å². The van der Waals surface area contributed by atoms with E-state index in [0.29, 0.717) is 10.8 Å². The van der Waals surface area contributed by atoms with Crippen LogP contribution in [0.25, 0.3) is 0 Å². The molecule has 23 heavy (non-hydrogen) atoms. The van der Waals surface area contributed by atoms with Gasteiger partial charge in [0.15, 0.2) is 11.5 Å². The molecule has 0 aliphatic heterocycles. The van der Waals surface area contributed by atoms with Gasteiger partial charge in [0.25, 0.3) is 0 Å². The summed E-state index contributed by atoms with van der Waals surface area (Å²) >= 11 is 3.02. The van der Waals surface area contributed by atoms with Gasteiger partial charge < -0.3 is 4.57 Å². The Hall–Kier alpha value is -2.66. The Labute approximate surface area is 136 Å². The molecule has 11 heteroatoms. The molecule has 0 bridgehead atoms. The highest BCUT2D eigenvalue weighted by Gasteiger charge is 2.21. The van der Waals surface area contributed by atoms with Crippen molar-refractivity contribution >= 4 is 27.5 Å². The SMILES string of the molecule is N=C(c1nonc1Cn1cnnc1)N(O)c1ccc(F)c(Br)c1. The van der Waals surface area contributed by atoms with E-state index < -0.39 is 5.82 Å². The van der Waals surface area contributed by atoms with Gasteiger partial charge in [0.1, 0.15) is 24.2 Å². The molecular formula is C12H9BrFN7O2. The van der Waals surface area contributed by atoms with E-state index in [2.05, 4.69) is 41.1 Å². The number of halogens is 2. The number of hydroxylamine groups is 1. The van der Waals surface area contributed by atoms with Gasteiger partial charge in [-0.1, -0.05) is 5.16 Å². The molecule has 2 heterocycles. The molecule has 0 spiro atoms. The summed E-state index contributed by atoms with van der Waals surface area (Å²) in [7, 11) is 0. The number of hydrogen-bond donors (Lipinski definition) is 2. The number of benzene rings is 1. The lowest BCUT2D eigenvalue weighted by molar-refractivity contribution is 0.297. The van der Waals surface area contributed by atoms with Gasteiger partial charge in [-0.25, -0.2) is 14.1 Å². The number of anilines is 1. The zero-order chi connectivity index (χ0) is 16.4. The standard InChI is InChI=1S/C12H9BrFN7O2/c13-8-3-7(1-2-9(8)14)21(22)12(15)11-10(18-23-19-11)4-20-5-16-17-6-20/h1-3,5-6,15,22H,4H2. The van der Waals surface area contributed by atoms with Gasteiger partial charge in [-0.2, -0.15) is 0 Å². The minimum Gasteiger partial charge on any atom is -0.314 e. The molecule has 1 aromatic carbocycles. The van der Waals surface area contributed by atoms with Crippen LogP contribution in [0.1, 0.15) is 11.4 Å². The average molecular weight is 382 g/mol. The average Bonchev–Trinajstić information content (AvgIpc) is 3.21. The predicted molar refractivity (Wildman–Crippen MR) is 78.6 cm³/mol. The summed E-state index contributed by atoms with van der Waals surface area (Å²) in [6.45, 7) is 0.217. The van der Waals surface area contributed by atoms with Crippen molar-refractivity contribution in [1.82, 2.24) is 25.1 Å².